The summed E-state index contributed by atoms with van der Waals surface area (Å²) >= 11 is 0. The van der Waals surface area contributed by atoms with Crippen LogP contribution in [0.1, 0.15) is 29.8 Å². The summed E-state index contributed by atoms with van der Waals surface area (Å²) < 4.78 is 15.3. The molecule has 0 spiro atoms. The first-order valence-electron chi connectivity index (χ1n) is 9.64. The Morgan fingerprint density at radius 2 is 1.83 bits per heavy atom. The number of amides is 2. The Morgan fingerprint density at radius 1 is 1.13 bits per heavy atom. The van der Waals surface area contributed by atoms with E-state index in [4.69, 9.17) is 15.2 Å². The van der Waals surface area contributed by atoms with E-state index < -0.39 is 6.09 Å². The van der Waals surface area contributed by atoms with Crippen LogP contribution in [0, 0.1) is 5.41 Å². The summed E-state index contributed by atoms with van der Waals surface area (Å²) in [4.78, 5) is 26.4. The minimum Gasteiger partial charge on any atom is -0.454 e. The standard InChI is InChI=1S/C22H27N3O5/c1-22(2,12-23)13-25(11-15-4-7-17(8-5-15)24-21(27)28-3)20(26)16-6-9-18-19(10-16)30-14-29-18/h4-10H,11-14,23H2,1-3H3,(H,24,27). The van der Waals surface area contributed by atoms with Crippen molar-refractivity contribution in [3.63, 3.8) is 0 Å². The largest absolute Gasteiger partial charge is 0.454 e. The number of hydrogen-bond donors (Lipinski definition) is 2. The number of carbonyl (C=O) groups excluding carboxylic acids is 2. The van der Waals surface area contributed by atoms with Crippen molar-refractivity contribution >= 4 is 17.7 Å². The van der Waals surface area contributed by atoms with E-state index in [1.54, 1.807) is 35.2 Å². The zero-order chi connectivity index (χ0) is 21.7. The Labute approximate surface area is 175 Å². The zero-order valence-corrected chi connectivity index (χ0v) is 17.4. The van der Waals surface area contributed by atoms with Crippen LogP contribution in [0.4, 0.5) is 10.5 Å². The number of benzene rings is 2. The summed E-state index contributed by atoms with van der Waals surface area (Å²) in [5, 5.41) is 2.61. The molecule has 8 nitrogen and oxygen atoms in total. The highest BCUT2D eigenvalue weighted by Gasteiger charge is 2.26. The molecule has 2 amide bonds. The fourth-order valence-electron chi connectivity index (χ4n) is 3.08. The van der Waals surface area contributed by atoms with Gasteiger partial charge in [0.1, 0.15) is 0 Å². The monoisotopic (exact) mass is 413 g/mol. The van der Waals surface area contributed by atoms with Crippen molar-refractivity contribution in [1.29, 1.82) is 0 Å². The average Bonchev–Trinajstić information content (AvgIpc) is 3.21. The van der Waals surface area contributed by atoms with E-state index in [9.17, 15) is 9.59 Å². The van der Waals surface area contributed by atoms with E-state index in [0.29, 0.717) is 42.4 Å². The molecule has 0 aromatic heterocycles. The Bertz CT molecular complexity index is 911. The van der Waals surface area contributed by atoms with Crippen LogP contribution >= 0.6 is 0 Å². The number of ether oxygens (including phenoxy) is 3. The predicted octanol–water partition coefficient (Wildman–Crippen LogP) is 3.22. The van der Waals surface area contributed by atoms with Crippen LogP contribution in [-0.4, -0.2) is 43.9 Å². The maximum atomic E-state index is 13.3. The van der Waals surface area contributed by atoms with Gasteiger partial charge >= 0.3 is 6.09 Å². The molecule has 1 heterocycles. The van der Waals surface area contributed by atoms with E-state index in [-0.39, 0.29) is 18.1 Å². The topological polar surface area (TPSA) is 103 Å². The molecule has 0 unspecified atom stereocenters. The van der Waals surface area contributed by atoms with Crippen molar-refractivity contribution in [3.8, 4) is 11.5 Å². The molecule has 1 aliphatic rings. The third kappa shape index (κ3) is 5.21. The lowest BCUT2D eigenvalue weighted by Gasteiger charge is -2.32. The minimum absolute atomic E-state index is 0.119. The Balaban J connectivity index is 1.80. The number of carbonyl (C=O) groups is 2. The number of rotatable bonds is 7. The van der Waals surface area contributed by atoms with Crippen LogP contribution in [0.3, 0.4) is 0 Å². The van der Waals surface area contributed by atoms with Crippen molar-refractivity contribution < 1.29 is 23.8 Å². The van der Waals surface area contributed by atoms with Crippen molar-refractivity contribution in [2.75, 3.05) is 32.3 Å². The van der Waals surface area contributed by atoms with E-state index in [1.165, 1.54) is 7.11 Å². The molecule has 1 aliphatic heterocycles. The Morgan fingerprint density at radius 3 is 2.50 bits per heavy atom. The number of nitrogens with zero attached hydrogens (tertiary/aromatic N) is 1. The third-order valence-corrected chi connectivity index (χ3v) is 4.84. The lowest BCUT2D eigenvalue weighted by molar-refractivity contribution is 0.0673. The van der Waals surface area contributed by atoms with Gasteiger partial charge in [0.15, 0.2) is 11.5 Å². The van der Waals surface area contributed by atoms with Gasteiger partial charge in [-0.3, -0.25) is 10.1 Å². The molecule has 30 heavy (non-hydrogen) atoms. The molecule has 2 aromatic carbocycles. The lowest BCUT2D eigenvalue weighted by atomic mass is 9.92. The molecule has 0 aliphatic carbocycles. The van der Waals surface area contributed by atoms with Crippen LogP contribution in [0.2, 0.25) is 0 Å². The lowest BCUT2D eigenvalue weighted by Crippen LogP contribution is -2.41. The summed E-state index contributed by atoms with van der Waals surface area (Å²) in [5.41, 5.74) is 7.72. The molecule has 0 atom stereocenters. The summed E-state index contributed by atoms with van der Waals surface area (Å²) in [5.74, 6) is 1.08. The molecule has 0 radical (unpaired) electrons. The van der Waals surface area contributed by atoms with Crippen molar-refractivity contribution in [1.82, 2.24) is 4.90 Å². The summed E-state index contributed by atoms with van der Waals surface area (Å²) in [6.07, 6.45) is -0.535. The number of anilines is 1. The summed E-state index contributed by atoms with van der Waals surface area (Å²) in [7, 11) is 1.31. The van der Waals surface area contributed by atoms with Gasteiger partial charge in [0.05, 0.1) is 7.11 Å². The second kappa shape index (κ2) is 9.04. The normalized spacial score (nSPS) is 12.4. The first-order chi connectivity index (χ1) is 14.3. The number of nitrogens with two attached hydrogens (primary N) is 1. The quantitative estimate of drug-likeness (QED) is 0.722. The van der Waals surface area contributed by atoms with Gasteiger partial charge < -0.3 is 24.8 Å². The molecule has 0 bridgehead atoms. The van der Waals surface area contributed by atoms with Gasteiger partial charge in [-0.25, -0.2) is 4.79 Å². The number of fused-ring (bicyclic) bond motifs is 1. The van der Waals surface area contributed by atoms with Gasteiger partial charge in [0.2, 0.25) is 6.79 Å². The highest BCUT2D eigenvalue weighted by molar-refractivity contribution is 5.95. The molecule has 160 valence electrons. The van der Waals surface area contributed by atoms with E-state index in [1.807, 2.05) is 26.0 Å². The van der Waals surface area contributed by atoms with E-state index in [2.05, 4.69) is 10.1 Å². The molecule has 0 saturated carbocycles. The van der Waals surface area contributed by atoms with Crippen LogP contribution in [0.5, 0.6) is 11.5 Å². The third-order valence-electron chi connectivity index (χ3n) is 4.84. The predicted molar refractivity (Wildman–Crippen MR) is 113 cm³/mol. The van der Waals surface area contributed by atoms with E-state index >= 15 is 0 Å². The maximum absolute atomic E-state index is 13.3. The number of methoxy groups -OCH3 is 1. The molecule has 3 N–H and O–H groups in total. The molecule has 3 rings (SSSR count). The molecule has 8 heteroatoms. The molecule has 0 fully saturated rings. The summed E-state index contributed by atoms with van der Waals surface area (Å²) in [6.45, 7) is 5.53. The van der Waals surface area contributed by atoms with Gasteiger partial charge in [-0.05, 0) is 47.9 Å². The van der Waals surface area contributed by atoms with Gasteiger partial charge in [0, 0.05) is 24.3 Å². The highest BCUT2D eigenvalue weighted by Crippen LogP contribution is 2.33. The number of hydrogen-bond acceptors (Lipinski definition) is 6. The minimum atomic E-state index is -0.535. The van der Waals surface area contributed by atoms with Crippen molar-refractivity contribution in [3.05, 3.63) is 53.6 Å². The first-order valence-corrected chi connectivity index (χ1v) is 9.64. The summed E-state index contributed by atoms with van der Waals surface area (Å²) in [6, 6.07) is 12.4. The van der Waals surface area contributed by atoms with Crippen molar-refractivity contribution in [2.24, 2.45) is 11.1 Å². The Hall–Kier alpha value is -3.26. The average molecular weight is 413 g/mol. The second-order valence-corrected chi connectivity index (χ2v) is 7.91. The highest BCUT2D eigenvalue weighted by atomic mass is 16.7. The molecule has 0 saturated heterocycles. The van der Waals surface area contributed by atoms with Gasteiger partial charge in [-0.1, -0.05) is 26.0 Å². The number of nitrogens with one attached hydrogen (secondary N) is 1. The van der Waals surface area contributed by atoms with Crippen LogP contribution in [0.15, 0.2) is 42.5 Å². The van der Waals surface area contributed by atoms with Crippen LogP contribution in [0.25, 0.3) is 0 Å². The second-order valence-electron chi connectivity index (χ2n) is 7.91. The van der Waals surface area contributed by atoms with E-state index in [0.717, 1.165) is 5.56 Å². The fourth-order valence-corrected chi connectivity index (χ4v) is 3.08. The van der Waals surface area contributed by atoms with Gasteiger partial charge in [-0.2, -0.15) is 0 Å². The smallest absolute Gasteiger partial charge is 0.411 e. The molecular formula is C22H27N3O5. The van der Waals surface area contributed by atoms with Crippen molar-refractivity contribution in [2.45, 2.75) is 20.4 Å². The Kier molecular flexibility index (Phi) is 6.47. The molecular weight excluding hydrogens is 386 g/mol. The SMILES string of the molecule is COC(=O)Nc1ccc(CN(CC(C)(C)CN)C(=O)c2ccc3c(c2)OCO3)cc1. The maximum Gasteiger partial charge on any atom is 0.411 e. The molecule has 2 aromatic rings. The van der Waals surface area contributed by atoms with Gasteiger partial charge in [-0.15, -0.1) is 0 Å². The fraction of sp³-hybridized carbons (Fsp3) is 0.364. The van der Waals surface area contributed by atoms with Crippen LogP contribution in [-0.2, 0) is 11.3 Å². The zero-order valence-electron chi connectivity index (χ0n) is 17.4. The first kappa shape index (κ1) is 21.4. The van der Waals surface area contributed by atoms with Crippen LogP contribution < -0.4 is 20.5 Å². The van der Waals surface area contributed by atoms with Gasteiger partial charge in [0.25, 0.3) is 5.91 Å².